The Hall–Kier alpha value is -2.76. The van der Waals surface area contributed by atoms with Crippen LogP contribution in [-0.2, 0) is 21.2 Å². The average Bonchev–Trinajstić information content (AvgIpc) is 3.16. The number of amides is 1. The van der Waals surface area contributed by atoms with Gasteiger partial charge in [0.25, 0.3) is 5.91 Å². The first kappa shape index (κ1) is 22.4. The number of carbonyl (C=O) groups excluding carboxylic acids is 1. The number of aryl methyl sites for hydroxylation is 1. The average molecular weight is 533 g/mol. The molecule has 2 aliphatic heterocycles. The first-order valence-corrected chi connectivity index (χ1v) is 12.8. The second-order valence-corrected chi connectivity index (χ2v) is 10.6. The van der Waals surface area contributed by atoms with E-state index in [1.54, 1.807) is 18.2 Å². The smallest absolute Gasteiger partial charge is 0.283 e. The Labute approximate surface area is 197 Å². The molecule has 0 spiro atoms. The Morgan fingerprint density at radius 1 is 1.22 bits per heavy atom. The van der Waals surface area contributed by atoms with Gasteiger partial charge in [0.05, 0.1) is 22.0 Å². The maximum atomic E-state index is 12.5. The van der Waals surface area contributed by atoms with Crippen LogP contribution in [0, 0.1) is 12.3 Å². The lowest BCUT2D eigenvalue weighted by Crippen LogP contribution is -2.45. The molecule has 2 aromatic carbocycles. The summed E-state index contributed by atoms with van der Waals surface area (Å²) in [7, 11) is -3.69. The van der Waals surface area contributed by atoms with Crippen molar-refractivity contribution in [3.05, 3.63) is 69.2 Å². The van der Waals surface area contributed by atoms with Crippen LogP contribution in [0.2, 0.25) is 0 Å². The van der Waals surface area contributed by atoms with Gasteiger partial charge in [-0.1, -0.05) is 35.9 Å². The molecule has 11 heteroatoms. The molecular weight excluding hydrogens is 516 g/mol. The molecule has 164 valence electrons. The van der Waals surface area contributed by atoms with Gasteiger partial charge in [0.2, 0.25) is 20.2 Å². The number of carbonyl (C=O) groups is 1. The molecule has 0 fully saturated rings. The van der Waals surface area contributed by atoms with Crippen LogP contribution in [0.3, 0.4) is 0 Å². The molecule has 0 radical (unpaired) electrons. The number of hydrogen-bond donors (Lipinski definition) is 1. The third-order valence-electron chi connectivity index (χ3n) is 4.61. The molecule has 0 aliphatic carbocycles. The van der Waals surface area contributed by atoms with Gasteiger partial charge in [-0.05, 0) is 52.2 Å². The molecule has 2 aliphatic rings. The van der Waals surface area contributed by atoms with E-state index in [0.29, 0.717) is 22.4 Å². The van der Waals surface area contributed by atoms with Crippen molar-refractivity contribution in [1.82, 2.24) is 4.90 Å². The SMILES string of the molecule is Cc1ccc(COc2ccc(/C=C3/C(=N)N4C(=NC3=O)SN=C4S(C)(=O)=O)cc2Br)cc1. The van der Waals surface area contributed by atoms with Crippen LogP contribution in [0.1, 0.15) is 16.7 Å². The Kier molecular flexibility index (Phi) is 6.06. The van der Waals surface area contributed by atoms with E-state index in [0.717, 1.165) is 28.7 Å². The summed E-state index contributed by atoms with van der Waals surface area (Å²) in [6.07, 6.45) is 2.48. The van der Waals surface area contributed by atoms with E-state index in [-0.39, 0.29) is 21.7 Å². The lowest BCUT2D eigenvalue weighted by molar-refractivity contribution is -0.114. The van der Waals surface area contributed by atoms with E-state index in [9.17, 15) is 13.2 Å². The number of aliphatic imine (C=N–C) groups is 1. The van der Waals surface area contributed by atoms with Crippen molar-refractivity contribution >= 4 is 65.9 Å². The first-order chi connectivity index (χ1) is 15.1. The summed E-state index contributed by atoms with van der Waals surface area (Å²) in [5.41, 5.74) is 2.80. The highest BCUT2D eigenvalue weighted by molar-refractivity contribution is 9.10. The monoisotopic (exact) mass is 532 g/mol. The first-order valence-electron chi connectivity index (χ1n) is 9.30. The van der Waals surface area contributed by atoms with Crippen LogP contribution in [0.25, 0.3) is 6.08 Å². The van der Waals surface area contributed by atoms with Crippen LogP contribution in [-0.4, -0.2) is 41.7 Å². The quantitative estimate of drug-likeness (QED) is 0.471. The van der Waals surface area contributed by atoms with E-state index in [2.05, 4.69) is 25.3 Å². The molecule has 0 saturated carbocycles. The van der Waals surface area contributed by atoms with Crippen molar-refractivity contribution in [3.63, 3.8) is 0 Å². The van der Waals surface area contributed by atoms with Crippen LogP contribution in [0.15, 0.2) is 61.9 Å². The van der Waals surface area contributed by atoms with Crippen molar-refractivity contribution in [2.45, 2.75) is 13.5 Å². The normalized spacial score (nSPS) is 17.3. The number of rotatable bonds is 4. The van der Waals surface area contributed by atoms with Gasteiger partial charge in [0.1, 0.15) is 18.2 Å². The highest BCUT2D eigenvalue weighted by Gasteiger charge is 2.41. The molecule has 8 nitrogen and oxygen atoms in total. The highest BCUT2D eigenvalue weighted by Crippen LogP contribution is 2.31. The van der Waals surface area contributed by atoms with Gasteiger partial charge in [-0.3, -0.25) is 10.2 Å². The molecule has 32 heavy (non-hydrogen) atoms. The van der Waals surface area contributed by atoms with Crippen LogP contribution < -0.4 is 4.74 Å². The number of amidine groups is 3. The molecule has 1 amide bonds. The van der Waals surface area contributed by atoms with Gasteiger partial charge in [0.15, 0.2) is 0 Å². The highest BCUT2D eigenvalue weighted by atomic mass is 79.9. The minimum atomic E-state index is -3.69. The van der Waals surface area contributed by atoms with Gasteiger partial charge >= 0.3 is 0 Å². The number of fused-ring (bicyclic) bond motifs is 1. The number of benzene rings is 2. The summed E-state index contributed by atoms with van der Waals surface area (Å²) in [5.74, 6) is -0.292. The maximum Gasteiger partial charge on any atom is 0.283 e. The Morgan fingerprint density at radius 2 is 1.94 bits per heavy atom. The molecular formula is C21H17BrN4O4S2. The van der Waals surface area contributed by atoms with E-state index >= 15 is 0 Å². The largest absolute Gasteiger partial charge is 0.488 e. The summed E-state index contributed by atoms with van der Waals surface area (Å²) < 4.78 is 34.4. The fourth-order valence-electron chi connectivity index (χ4n) is 2.97. The zero-order valence-electron chi connectivity index (χ0n) is 17.0. The number of hydrogen-bond acceptors (Lipinski definition) is 7. The summed E-state index contributed by atoms with van der Waals surface area (Å²) in [4.78, 5) is 17.4. The third kappa shape index (κ3) is 4.54. The zero-order chi connectivity index (χ0) is 23.0. The molecule has 0 aromatic heterocycles. The van der Waals surface area contributed by atoms with Crippen LogP contribution >= 0.6 is 27.9 Å². The zero-order valence-corrected chi connectivity index (χ0v) is 20.2. The minimum absolute atomic E-state index is 0.0344. The molecule has 2 aromatic rings. The summed E-state index contributed by atoms with van der Waals surface area (Å²) >= 11 is 4.23. The molecule has 2 heterocycles. The summed E-state index contributed by atoms with van der Waals surface area (Å²) in [6.45, 7) is 2.43. The van der Waals surface area contributed by atoms with Gasteiger partial charge in [-0.25, -0.2) is 13.3 Å². The van der Waals surface area contributed by atoms with Gasteiger partial charge < -0.3 is 4.74 Å². The molecule has 1 N–H and O–H groups in total. The Morgan fingerprint density at radius 3 is 2.59 bits per heavy atom. The lowest BCUT2D eigenvalue weighted by atomic mass is 10.1. The van der Waals surface area contributed by atoms with Crippen molar-refractivity contribution in [2.75, 3.05) is 6.26 Å². The van der Waals surface area contributed by atoms with Gasteiger partial charge in [-0.15, -0.1) is 0 Å². The van der Waals surface area contributed by atoms with E-state index in [1.807, 2.05) is 31.2 Å². The number of ether oxygens (including phenoxy) is 1. The molecule has 0 unspecified atom stereocenters. The molecule has 4 rings (SSSR count). The van der Waals surface area contributed by atoms with Crippen LogP contribution in [0.5, 0.6) is 5.75 Å². The number of nitrogens with zero attached hydrogens (tertiary/aromatic N) is 3. The van der Waals surface area contributed by atoms with Gasteiger partial charge in [-0.2, -0.15) is 9.39 Å². The van der Waals surface area contributed by atoms with E-state index < -0.39 is 15.7 Å². The van der Waals surface area contributed by atoms with Crippen molar-refractivity contribution in [2.24, 2.45) is 9.39 Å². The van der Waals surface area contributed by atoms with E-state index in [4.69, 9.17) is 10.1 Å². The second kappa shape index (κ2) is 8.64. The maximum absolute atomic E-state index is 12.5. The predicted molar refractivity (Wildman–Crippen MR) is 130 cm³/mol. The predicted octanol–water partition coefficient (Wildman–Crippen LogP) is 3.96. The summed E-state index contributed by atoms with van der Waals surface area (Å²) in [5, 5.41) is 8.14. The Balaban J connectivity index is 1.56. The topological polar surface area (TPSA) is 112 Å². The second-order valence-electron chi connectivity index (χ2n) is 7.14. The number of nitrogens with one attached hydrogen (secondary N) is 1. The Bertz CT molecular complexity index is 1330. The van der Waals surface area contributed by atoms with Crippen molar-refractivity contribution < 1.29 is 17.9 Å². The van der Waals surface area contributed by atoms with Crippen molar-refractivity contribution in [3.8, 4) is 5.75 Å². The van der Waals surface area contributed by atoms with Crippen LogP contribution in [0.4, 0.5) is 0 Å². The fourth-order valence-corrected chi connectivity index (χ4v) is 5.33. The minimum Gasteiger partial charge on any atom is -0.488 e. The fraction of sp³-hybridized carbons (Fsp3) is 0.143. The van der Waals surface area contributed by atoms with Gasteiger partial charge in [0, 0.05) is 6.26 Å². The molecule has 0 saturated heterocycles. The molecule has 0 bridgehead atoms. The van der Waals surface area contributed by atoms with Crippen molar-refractivity contribution in [1.29, 1.82) is 5.41 Å². The lowest BCUT2D eigenvalue weighted by Gasteiger charge is -2.23. The van der Waals surface area contributed by atoms with E-state index in [1.165, 1.54) is 11.6 Å². The number of halogens is 1. The standard InChI is InChI=1S/C21H17BrN4O4S2/c1-12-3-5-13(6-4-12)11-30-17-8-7-14(10-16(17)22)9-15-18(23)26-20(24-19(15)27)31-25-21(26)32(2,28)29/h3-10,23H,11H2,1-2H3/b15-9-,23-18?. The number of sulfone groups is 1. The third-order valence-corrected chi connectivity index (χ3v) is 6.98. The summed E-state index contributed by atoms with van der Waals surface area (Å²) in [6, 6.07) is 13.3. The molecule has 0 atom stereocenters.